The maximum atomic E-state index is 11.4. The molecule has 5 nitrogen and oxygen atoms in total. The molecule has 16 heavy (non-hydrogen) atoms. The fourth-order valence-electron chi connectivity index (χ4n) is 1.53. The van der Waals surface area contributed by atoms with Crippen LogP contribution in [0.3, 0.4) is 0 Å². The number of carbonyl (C=O) groups excluding carboxylic acids is 1. The van der Waals surface area contributed by atoms with Crippen LogP contribution in [0, 0.1) is 6.92 Å². The minimum absolute atomic E-state index is 0.0111. The molecule has 88 valence electrons. The van der Waals surface area contributed by atoms with Gasteiger partial charge in [-0.1, -0.05) is 0 Å². The summed E-state index contributed by atoms with van der Waals surface area (Å²) in [5, 5.41) is 2.74. The standard InChI is InChI=1S/C11H18N4O/c1-4-13-10(16)7-15(3)11-8(2)5-9(12)6-14-11/h5-6H,4,7,12H2,1-3H3,(H,13,16). The predicted octanol–water partition coefficient (Wildman–Crippen LogP) is 0.545. The van der Waals surface area contributed by atoms with Crippen molar-refractivity contribution in [3.8, 4) is 0 Å². The molecule has 1 aromatic heterocycles. The number of nitrogens with one attached hydrogen (secondary N) is 1. The molecule has 0 fully saturated rings. The van der Waals surface area contributed by atoms with Gasteiger partial charge in [0.2, 0.25) is 5.91 Å². The number of nitrogens with two attached hydrogens (primary N) is 1. The van der Waals surface area contributed by atoms with Crippen LogP contribution in [-0.4, -0.2) is 31.0 Å². The lowest BCUT2D eigenvalue weighted by Gasteiger charge is -2.19. The molecule has 3 N–H and O–H groups in total. The number of rotatable bonds is 4. The summed E-state index contributed by atoms with van der Waals surface area (Å²) in [4.78, 5) is 17.4. The molecule has 1 aromatic rings. The Balaban J connectivity index is 2.72. The van der Waals surface area contributed by atoms with Gasteiger partial charge in [-0.2, -0.15) is 0 Å². The third kappa shape index (κ3) is 3.12. The van der Waals surface area contributed by atoms with Crippen molar-refractivity contribution in [1.82, 2.24) is 10.3 Å². The molecule has 0 unspecified atom stereocenters. The van der Waals surface area contributed by atoms with Crippen molar-refractivity contribution in [2.75, 3.05) is 30.8 Å². The number of amides is 1. The summed E-state index contributed by atoms with van der Waals surface area (Å²) in [6, 6.07) is 1.84. The molecule has 0 aliphatic carbocycles. The quantitative estimate of drug-likeness (QED) is 0.780. The summed E-state index contributed by atoms with van der Waals surface area (Å²) in [6.45, 7) is 4.75. The summed E-state index contributed by atoms with van der Waals surface area (Å²) in [6.07, 6.45) is 1.59. The topological polar surface area (TPSA) is 71.2 Å². The van der Waals surface area contributed by atoms with Crippen LogP contribution in [0.5, 0.6) is 0 Å². The van der Waals surface area contributed by atoms with Crippen molar-refractivity contribution >= 4 is 17.4 Å². The Kier molecular flexibility index (Phi) is 4.10. The van der Waals surface area contributed by atoms with E-state index < -0.39 is 0 Å². The van der Waals surface area contributed by atoms with E-state index in [0.717, 1.165) is 11.4 Å². The smallest absolute Gasteiger partial charge is 0.239 e. The summed E-state index contributed by atoms with van der Waals surface area (Å²) >= 11 is 0. The summed E-state index contributed by atoms with van der Waals surface area (Å²) in [5.41, 5.74) is 7.21. The highest BCUT2D eigenvalue weighted by Gasteiger charge is 2.10. The van der Waals surface area contributed by atoms with Gasteiger partial charge in [0.25, 0.3) is 0 Å². The van der Waals surface area contributed by atoms with E-state index in [-0.39, 0.29) is 5.91 Å². The maximum Gasteiger partial charge on any atom is 0.239 e. The molecular weight excluding hydrogens is 204 g/mol. The molecule has 0 spiro atoms. The van der Waals surface area contributed by atoms with Crippen LogP contribution in [0.1, 0.15) is 12.5 Å². The number of nitrogens with zero attached hydrogens (tertiary/aromatic N) is 2. The zero-order chi connectivity index (χ0) is 12.1. The Bertz CT molecular complexity index is 378. The van der Waals surface area contributed by atoms with Gasteiger partial charge in [-0.25, -0.2) is 4.98 Å². The molecule has 0 aromatic carbocycles. The number of likely N-dealkylation sites (N-methyl/N-ethyl adjacent to an activating group) is 2. The molecule has 0 bridgehead atoms. The van der Waals surface area contributed by atoms with Gasteiger partial charge in [-0.15, -0.1) is 0 Å². The monoisotopic (exact) mass is 222 g/mol. The van der Waals surface area contributed by atoms with E-state index in [2.05, 4.69) is 10.3 Å². The van der Waals surface area contributed by atoms with Crippen LogP contribution in [0.15, 0.2) is 12.3 Å². The molecule has 1 rings (SSSR count). The Morgan fingerprint density at radius 2 is 2.31 bits per heavy atom. The lowest BCUT2D eigenvalue weighted by molar-refractivity contribution is -0.119. The second-order valence-electron chi connectivity index (χ2n) is 3.72. The Morgan fingerprint density at radius 1 is 1.62 bits per heavy atom. The predicted molar refractivity (Wildman–Crippen MR) is 65.3 cm³/mol. The normalized spacial score (nSPS) is 9.94. The molecule has 0 radical (unpaired) electrons. The second kappa shape index (κ2) is 5.34. The number of aromatic nitrogens is 1. The third-order valence-electron chi connectivity index (χ3n) is 2.19. The molecule has 1 heterocycles. The minimum Gasteiger partial charge on any atom is -0.397 e. The van der Waals surface area contributed by atoms with Crippen molar-refractivity contribution in [3.63, 3.8) is 0 Å². The van der Waals surface area contributed by atoms with Crippen LogP contribution in [0.2, 0.25) is 0 Å². The minimum atomic E-state index is -0.0111. The van der Waals surface area contributed by atoms with Crippen LogP contribution in [0.4, 0.5) is 11.5 Å². The largest absolute Gasteiger partial charge is 0.397 e. The van der Waals surface area contributed by atoms with E-state index in [0.29, 0.717) is 18.8 Å². The molecule has 1 amide bonds. The molecule has 0 atom stereocenters. The van der Waals surface area contributed by atoms with Gasteiger partial charge in [0.15, 0.2) is 0 Å². The SMILES string of the molecule is CCNC(=O)CN(C)c1ncc(N)cc1C. The molecule has 0 aliphatic heterocycles. The maximum absolute atomic E-state index is 11.4. The lowest BCUT2D eigenvalue weighted by atomic mass is 10.2. The van der Waals surface area contributed by atoms with E-state index in [4.69, 9.17) is 5.73 Å². The van der Waals surface area contributed by atoms with E-state index in [1.807, 2.05) is 27.0 Å². The first-order chi connectivity index (χ1) is 7.54. The van der Waals surface area contributed by atoms with Crippen molar-refractivity contribution in [2.45, 2.75) is 13.8 Å². The summed E-state index contributed by atoms with van der Waals surface area (Å²) < 4.78 is 0. The Hall–Kier alpha value is -1.78. The average Bonchev–Trinajstić information content (AvgIpc) is 2.17. The highest BCUT2D eigenvalue weighted by molar-refractivity contribution is 5.81. The highest BCUT2D eigenvalue weighted by atomic mass is 16.2. The third-order valence-corrected chi connectivity index (χ3v) is 2.19. The van der Waals surface area contributed by atoms with Crippen molar-refractivity contribution in [1.29, 1.82) is 0 Å². The summed E-state index contributed by atoms with van der Waals surface area (Å²) in [5.74, 6) is 0.767. The number of anilines is 2. The van der Waals surface area contributed by atoms with Crippen LogP contribution >= 0.6 is 0 Å². The Morgan fingerprint density at radius 3 is 2.88 bits per heavy atom. The van der Waals surface area contributed by atoms with Crippen molar-refractivity contribution in [3.05, 3.63) is 17.8 Å². The number of pyridine rings is 1. The lowest BCUT2D eigenvalue weighted by Crippen LogP contribution is -2.35. The Labute approximate surface area is 95.7 Å². The fraction of sp³-hybridized carbons (Fsp3) is 0.455. The first kappa shape index (κ1) is 12.3. The molecule has 5 heteroatoms. The van der Waals surface area contributed by atoms with Crippen LogP contribution < -0.4 is 16.0 Å². The number of carbonyl (C=O) groups is 1. The first-order valence-corrected chi connectivity index (χ1v) is 5.24. The van der Waals surface area contributed by atoms with Crippen molar-refractivity contribution < 1.29 is 4.79 Å². The van der Waals surface area contributed by atoms with Gasteiger partial charge >= 0.3 is 0 Å². The fourth-order valence-corrected chi connectivity index (χ4v) is 1.53. The summed E-state index contributed by atoms with van der Waals surface area (Å²) in [7, 11) is 1.83. The number of hydrogen-bond donors (Lipinski definition) is 2. The molecule has 0 aliphatic rings. The molecule has 0 saturated heterocycles. The molecular formula is C11H18N4O. The van der Waals surface area contributed by atoms with Gasteiger partial charge < -0.3 is 16.0 Å². The van der Waals surface area contributed by atoms with Gasteiger partial charge in [0.1, 0.15) is 5.82 Å². The zero-order valence-electron chi connectivity index (χ0n) is 9.95. The number of hydrogen-bond acceptors (Lipinski definition) is 4. The molecule has 0 saturated carbocycles. The first-order valence-electron chi connectivity index (χ1n) is 5.24. The van der Waals surface area contributed by atoms with Crippen molar-refractivity contribution in [2.24, 2.45) is 0 Å². The van der Waals surface area contributed by atoms with Gasteiger partial charge in [-0.05, 0) is 25.5 Å². The van der Waals surface area contributed by atoms with E-state index in [9.17, 15) is 4.79 Å². The zero-order valence-corrected chi connectivity index (χ0v) is 9.95. The number of aryl methyl sites for hydroxylation is 1. The van der Waals surface area contributed by atoms with Gasteiger partial charge in [-0.3, -0.25) is 4.79 Å². The average molecular weight is 222 g/mol. The number of nitrogen functional groups attached to an aromatic ring is 1. The van der Waals surface area contributed by atoms with E-state index in [1.54, 1.807) is 11.1 Å². The van der Waals surface area contributed by atoms with Gasteiger partial charge in [0, 0.05) is 13.6 Å². The van der Waals surface area contributed by atoms with E-state index >= 15 is 0 Å². The van der Waals surface area contributed by atoms with Crippen LogP contribution in [0.25, 0.3) is 0 Å². The van der Waals surface area contributed by atoms with Gasteiger partial charge in [0.05, 0.1) is 18.4 Å². The van der Waals surface area contributed by atoms with E-state index in [1.165, 1.54) is 0 Å². The second-order valence-corrected chi connectivity index (χ2v) is 3.72. The van der Waals surface area contributed by atoms with Crippen LogP contribution in [-0.2, 0) is 4.79 Å². The highest BCUT2D eigenvalue weighted by Crippen LogP contribution is 2.16.